The maximum absolute atomic E-state index is 12.0. The van der Waals surface area contributed by atoms with E-state index in [0.29, 0.717) is 13.0 Å². The van der Waals surface area contributed by atoms with Gasteiger partial charge in [0.15, 0.2) is 10.8 Å². The molecule has 0 aromatic carbocycles. The Bertz CT molecular complexity index is 776. The van der Waals surface area contributed by atoms with E-state index in [-0.39, 0.29) is 5.91 Å². The van der Waals surface area contributed by atoms with Crippen LogP contribution in [0.4, 0.5) is 0 Å². The summed E-state index contributed by atoms with van der Waals surface area (Å²) < 4.78 is 7.59. The van der Waals surface area contributed by atoms with Gasteiger partial charge in [-0.3, -0.25) is 4.79 Å². The van der Waals surface area contributed by atoms with Crippen molar-refractivity contribution in [3.8, 4) is 10.8 Å². The Balaban J connectivity index is 1.38. The van der Waals surface area contributed by atoms with Crippen molar-refractivity contribution in [1.29, 1.82) is 0 Å². The number of unbranched alkanes of at least 4 members (excludes halogenated alkanes) is 1. The highest BCUT2D eigenvalue weighted by Gasteiger charge is 2.11. The zero-order valence-electron chi connectivity index (χ0n) is 13.6. The van der Waals surface area contributed by atoms with E-state index in [2.05, 4.69) is 15.3 Å². The zero-order valence-corrected chi connectivity index (χ0v) is 14.4. The average molecular weight is 344 g/mol. The molecule has 0 aliphatic heterocycles. The van der Waals surface area contributed by atoms with Crippen LogP contribution in [-0.2, 0) is 17.8 Å². The molecule has 0 spiro atoms. The van der Waals surface area contributed by atoms with Gasteiger partial charge < -0.3 is 14.3 Å². The molecule has 0 bridgehead atoms. The number of rotatable bonds is 8. The molecule has 3 rings (SSSR count). The average Bonchev–Trinajstić information content (AvgIpc) is 3.28. The molecule has 0 aliphatic rings. The number of hydrogen-bond donors (Lipinski definition) is 1. The second-order valence-electron chi connectivity index (χ2n) is 5.59. The molecule has 3 heterocycles. The Morgan fingerprint density at radius 3 is 3.04 bits per heavy atom. The van der Waals surface area contributed by atoms with Crippen LogP contribution in [0, 0.1) is 6.92 Å². The van der Waals surface area contributed by atoms with Crippen molar-refractivity contribution in [2.24, 2.45) is 0 Å². The summed E-state index contributed by atoms with van der Waals surface area (Å²) >= 11 is 1.49. The van der Waals surface area contributed by atoms with E-state index in [1.165, 1.54) is 11.3 Å². The topological polar surface area (TPSA) is 73.0 Å². The minimum atomic E-state index is 0.00473. The number of carbonyl (C=O) groups excluding carboxylic acids is 1. The van der Waals surface area contributed by atoms with Crippen LogP contribution in [0.2, 0.25) is 0 Å². The molecule has 3 aromatic rings. The molecule has 1 N–H and O–H groups in total. The van der Waals surface area contributed by atoms with Crippen molar-refractivity contribution in [1.82, 2.24) is 19.9 Å². The molecule has 126 valence electrons. The van der Waals surface area contributed by atoms with Crippen LogP contribution in [0.25, 0.3) is 10.8 Å². The first-order valence-electron chi connectivity index (χ1n) is 7.94. The monoisotopic (exact) mass is 344 g/mol. The van der Waals surface area contributed by atoms with Crippen molar-refractivity contribution in [3.63, 3.8) is 0 Å². The maximum atomic E-state index is 12.0. The highest BCUT2D eigenvalue weighted by atomic mass is 32.1. The molecule has 24 heavy (non-hydrogen) atoms. The van der Waals surface area contributed by atoms with Gasteiger partial charge in [0.2, 0.25) is 5.91 Å². The first-order valence-corrected chi connectivity index (χ1v) is 8.82. The summed E-state index contributed by atoms with van der Waals surface area (Å²) in [5, 5.41) is 5.66. The second kappa shape index (κ2) is 7.92. The highest BCUT2D eigenvalue weighted by molar-refractivity contribution is 7.13. The number of hydrogen-bond acceptors (Lipinski definition) is 5. The van der Waals surface area contributed by atoms with Crippen LogP contribution in [0.5, 0.6) is 0 Å². The second-order valence-corrected chi connectivity index (χ2v) is 6.45. The predicted octanol–water partition coefficient (Wildman–Crippen LogP) is 3.05. The maximum Gasteiger partial charge on any atom is 0.226 e. The van der Waals surface area contributed by atoms with E-state index >= 15 is 0 Å². The van der Waals surface area contributed by atoms with E-state index in [0.717, 1.165) is 41.6 Å². The molecular formula is C17H20N4O2S. The predicted molar refractivity (Wildman–Crippen MR) is 92.7 cm³/mol. The van der Waals surface area contributed by atoms with Crippen LogP contribution < -0.4 is 5.32 Å². The Labute approximate surface area is 144 Å². The third-order valence-electron chi connectivity index (χ3n) is 3.57. The van der Waals surface area contributed by atoms with Crippen molar-refractivity contribution < 1.29 is 9.21 Å². The Morgan fingerprint density at radius 1 is 1.38 bits per heavy atom. The number of nitrogens with zero attached hydrogens (tertiary/aromatic N) is 3. The quantitative estimate of drug-likeness (QED) is 0.638. The minimum absolute atomic E-state index is 0.00473. The Hall–Kier alpha value is -2.41. The molecule has 0 unspecified atom stereocenters. The normalized spacial score (nSPS) is 10.9. The lowest BCUT2D eigenvalue weighted by atomic mass is 10.3. The Kier molecular flexibility index (Phi) is 5.43. The van der Waals surface area contributed by atoms with Crippen LogP contribution >= 0.6 is 11.3 Å². The number of aromatic nitrogens is 3. The molecule has 0 radical (unpaired) electrons. The molecule has 0 atom stereocenters. The molecule has 0 saturated heterocycles. The van der Waals surface area contributed by atoms with Gasteiger partial charge in [0.25, 0.3) is 0 Å². The van der Waals surface area contributed by atoms with Gasteiger partial charge in [-0.25, -0.2) is 9.97 Å². The van der Waals surface area contributed by atoms with E-state index in [9.17, 15) is 4.79 Å². The number of furan rings is 1. The van der Waals surface area contributed by atoms with Crippen molar-refractivity contribution >= 4 is 17.2 Å². The lowest BCUT2D eigenvalue weighted by Crippen LogP contribution is -2.26. The smallest absolute Gasteiger partial charge is 0.226 e. The van der Waals surface area contributed by atoms with Gasteiger partial charge in [0.1, 0.15) is 5.76 Å². The summed E-state index contributed by atoms with van der Waals surface area (Å²) in [5.74, 6) is 1.61. The van der Waals surface area contributed by atoms with Crippen LogP contribution in [-0.4, -0.2) is 27.0 Å². The lowest BCUT2D eigenvalue weighted by molar-refractivity contribution is -0.120. The third kappa shape index (κ3) is 4.55. The first-order chi connectivity index (χ1) is 11.7. The van der Waals surface area contributed by atoms with Gasteiger partial charge in [-0.2, -0.15) is 0 Å². The summed E-state index contributed by atoms with van der Waals surface area (Å²) in [6.45, 7) is 3.51. The lowest BCUT2D eigenvalue weighted by Gasteiger charge is -2.04. The fourth-order valence-electron chi connectivity index (χ4n) is 2.34. The SMILES string of the molecule is Cc1ccc(-c2nc(CC(=O)NCCCCn3ccnc3)cs2)o1. The van der Waals surface area contributed by atoms with E-state index in [1.807, 2.05) is 35.2 Å². The highest BCUT2D eigenvalue weighted by Crippen LogP contribution is 2.25. The minimum Gasteiger partial charge on any atom is -0.459 e. The summed E-state index contributed by atoms with van der Waals surface area (Å²) in [5.41, 5.74) is 0.778. The molecule has 7 heteroatoms. The molecule has 0 aliphatic carbocycles. The molecule has 6 nitrogen and oxygen atoms in total. The Morgan fingerprint density at radius 2 is 2.29 bits per heavy atom. The summed E-state index contributed by atoms with van der Waals surface area (Å²) in [4.78, 5) is 20.4. The van der Waals surface area contributed by atoms with Crippen LogP contribution in [0.15, 0.2) is 40.7 Å². The molecule has 3 aromatic heterocycles. The third-order valence-corrected chi connectivity index (χ3v) is 4.47. The van der Waals surface area contributed by atoms with Crippen LogP contribution in [0.3, 0.4) is 0 Å². The van der Waals surface area contributed by atoms with Gasteiger partial charge in [-0.05, 0) is 31.9 Å². The first kappa shape index (κ1) is 16.4. The zero-order chi connectivity index (χ0) is 16.8. The van der Waals surface area contributed by atoms with E-state index in [1.54, 1.807) is 12.5 Å². The van der Waals surface area contributed by atoms with Gasteiger partial charge in [0.05, 0.1) is 18.4 Å². The van der Waals surface area contributed by atoms with Gasteiger partial charge in [-0.1, -0.05) is 0 Å². The summed E-state index contributed by atoms with van der Waals surface area (Å²) in [6.07, 6.45) is 7.77. The standard InChI is InChI=1S/C17H20N4O2S/c1-13-4-5-15(23-13)17-20-14(11-24-17)10-16(22)19-6-2-3-8-21-9-7-18-12-21/h4-5,7,9,11-12H,2-3,6,8,10H2,1H3,(H,19,22). The molecule has 0 saturated carbocycles. The molecule has 0 fully saturated rings. The number of aryl methyl sites for hydroxylation is 2. The number of nitrogens with one attached hydrogen (secondary N) is 1. The number of thiazole rings is 1. The van der Waals surface area contributed by atoms with Crippen molar-refractivity contribution in [3.05, 3.63) is 47.7 Å². The molecular weight excluding hydrogens is 324 g/mol. The summed E-state index contributed by atoms with van der Waals surface area (Å²) in [6, 6.07) is 3.81. The van der Waals surface area contributed by atoms with Gasteiger partial charge in [-0.15, -0.1) is 11.3 Å². The van der Waals surface area contributed by atoms with Gasteiger partial charge >= 0.3 is 0 Å². The largest absolute Gasteiger partial charge is 0.459 e. The van der Waals surface area contributed by atoms with E-state index < -0.39 is 0 Å². The van der Waals surface area contributed by atoms with Crippen molar-refractivity contribution in [2.45, 2.75) is 32.7 Å². The van der Waals surface area contributed by atoms with Gasteiger partial charge in [0, 0.05) is 30.9 Å². The van der Waals surface area contributed by atoms with Crippen LogP contribution in [0.1, 0.15) is 24.3 Å². The number of amides is 1. The van der Waals surface area contributed by atoms with Crippen molar-refractivity contribution in [2.75, 3.05) is 6.54 Å². The fourth-order valence-corrected chi connectivity index (χ4v) is 3.12. The fraction of sp³-hybridized carbons (Fsp3) is 0.353. The number of carbonyl (C=O) groups is 1. The molecule has 1 amide bonds. The number of imidazole rings is 1. The summed E-state index contributed by atoms with van der Waals surface area (Å²) in [7, 11) is 0. The van der Waals surface area contributed by atoms with E-state index in [4.69, 9.17) is 4.42 Å².